The van der Waals surface area contributed by atoms with Crippen molar-refractivity contribution in [3.05, 3.63) is 18.2 Å². The quantitative estimate of drug-likeness (QED) is 0.868. The maximum Gasteiger partial charge on any atom is 0.287 e. The lowest BCUT2D eigenvalue weighted by molar-refractivity contribution is 0.109. The maximum atomic E-state index is 12.1. The summed E-state index contributed by atoms with van der Waals surface area (Å²) in [7, 11) is -1.22. The van der Waals surface area contributed by atoms with Gasteiger partial charge in [0.1, 0.15) is 16.3 Å². The fourth-order valence-corrected chi connectivity index (χ4v) is 3.25. The molecule has 3 rings (SSSR count). The first-order valence-corrected chi connectivity index (χ1v) is 7.70. The number of nitrogens with zero attached hydrogens (tertiary/aromatic N) is 1. The summed E-state index contributed by atoms with van der Waals surface area (Å²) in [5.74, 6) is 0.521. The minimum absolute atomic E-state index is 0.240. The number of oxazole rings is 1. The Morgan fingerprint density at radius 1 is 1.47 bits per heavy atom. The third-order valence-corrected chi connectivity index (χ3v) is 4.41. The molecule has 6 heteroatoms. The van der Waals surface area contributed by atoms with Gasteiger partial charge in [0, 0.05) is 24.1 Å². The van der Waals surface area contributed by atoms with Crippen molar-refractivity contribution < 1.29 is 13.4 Å². The SMILES string of the molecule is Nc1ccc2nc(S(=O)CCC3CCCO3)oc2c1. The highest BCUT2D eigenvalue weighted by Crippen LogP contribution is 2.22. The smallest absolute Gasteiger partial charge is 0.287 e. The van der Waals surface area contributed by atoms with E-state index in [1.165, 1.54) is 0 Å². The van der Waals surface area contributed by atoms with Crippen LogP contribution in [0.4, 0.5) is 5.69 Å². The predicted molar refractivity (Wildman–Crippen MR) is 73.3 cm³/mol. The van der Waals surface area contributed by atoms with Crippen LogP contribution in [0.1, 0.15) is 19.3 Å². The number of ether oxygens (including phenoxy) is 1. The summed E-state index contributed by atoms with van der Waals surface area (Å²) in [6.45, 7) is 0.819. The molecule has 2 unspecified atom stereocenters. The molecular formula is C13H16N2O3S. The van der Waals surface area contributed by atoms with E-state index in [0.29, 0.717) is 22.5 Å². The normalized spacial score (nSPS) is 20.9. The van der Waals surface area contributed by atoms with E-state index in [-0.39, 0.29) is 11.3 Å². The molecule has 0 radical (unpaired) electrons. The monoisotopic (exact) mass is 280 g/mol. The lowest BCUT2D eigenvalue weighted by Crippen LogP contribution is -2.10. The summed E-state index contributed by atoms with van der Waals surface area (Å²) in [5.41, 5.74) is 7.56. The number of fused-ring (bicyclic) bond motifs is 1. The summed E-state index contributed by atoms with van der Waals surface area (Å²) >= 11 is 0. The van der Waals surface area contributed by atoms with E-state index in [2.05, 4.69) is 4.98 Å². The fraction of sp³-hybridized carbons (Fsp3) is 0.462. The number of rotatable bonds is 4. The van der Waals surface area contributed by atoms with Crippen LogP contribution in [0.15, 0.2) is 27.8 Å². The van der Waals surface area contributed by atoms with Crippen LogP contribution in [0.25, 0.3) is 11.1 Å². The van der Waals surface area contributed by atoms with Gasteiger partial charge in [0.15, 0.2) is 5.58 Å². The zero-order valence-electron chi connectivity index (χ0n) is 10.5. The van der Waals surface area contributed by atoms with Crippen LogP contribution in [-0.4, -0.2) is 27.7 Å². The highest BCUT2D eigenvalue weighted by atomic mass is 32.2. The average Bonchev–Trinajstić information content (AvgIpc) is 3.04. The molecule has 1 aliphatic rings. The van der Waals surface area contributed by atoms with Crippen molar-refractivity contribution in [2.45, 2.75) is 30.6 Å². The zero-order chi connectivity index (χ0) is 13.2. The van der Waals surface area contributed by atoms with Crippen molar-refractivity contribution in [3.8, 4) is 0 Å². The van der Waals surface area contributed by atoms with Crippen LogP contribution in [0.3, 0.4) is 0 Å². The fourth-order valence-electron chi connectivity index (χ4n) is 2.22. The number of hydrogen-bond donors (Lipinski definition) is 1. The van der Waals surface area contributed by atoms with E-state index >= 15 is 0 Å². The number of benzene rings is 1. The average molecular weight is 280 g/mol. The molecule has 2 atom stereocenters. The Kier molecular flexibility index (Phi) is 3.52. The van der Waals surface area contributed by atoms with Crippen LogP contribution < -0.4 is 5.73 Å². The molecule has 0 amide bonds. The molecule has 1 aromatic carbocycles. The van der Waals surface area contributed by atoms with E-state index in [9.17, 15) is 4.21 Å². The molecule has 1 saturated heterocycles. The molecule has 2 heterocycles. The third-order valence-electron chi connectivity index (χ3n) is 3.24. The molecule has 1 aliphatic heterocycles. The Morgan fingerprint density at radius 2 is 2.37 bits per heavy atom. The van der Waals surface area contributed by atoms with Crippen LogP contribution in [0.5, 0.6) is 0 Å². The topological polar surface area (TPSA) is 78.3 Å². The lowest BCUT2D eigenvalue weighted by atomic mass is 10.2. The maximum absolute atomic E-state index is 12.1. The summed E-state index contributed by atoms with van der Waals surface area (Å²) in [6.07, 6.45) is 3.18. The first-order chi connectivity index (χ1) is 9.22. The van der Waals surface area contributed by atoms with Crippen LogP contribution >= 0.6 is 0 Å². The van der Waals surface area contributed by atoms with Crippen LogP contribution in [0.2, 0.25) is 0 Å². The number of nitrogens with two attached hydrogens (primary N) is 1. The van der Waals surface area contributed by atoms with Crippen molar-refractivity contribution in [1.29, 1.82) is 0 Å². The minimum atomic E-state index is -1.22. The van der Waals surface area contributed by atoms with E-state index in [1.54, 1.807) is 18.2 Å². The largest absolute Gasteiger partial charge is 0.430 e. The first-order valence-electron chi connectivity index (χ1n) is 6.38. The van der Waals surface area contributed by atoms with Crippen LogP contribution in [-0.2, 0) is 15.5 Å². The zero-order valence-corrected chi connectivity index (χ0v) is 11.3. The molecule has 0 spiro atoms. The van der Waals surface area contributed by atoms with Gasteiger partial charge in [-0.1, -0.05) is 0 Å². The second-order valence-electron chi connectivity index (χ2n) is 4.68. The molecule has 102 valence electrons. The Balaban J connectivity index is 1.70. The van der Waals surface area contributed by atoms with Gasteiger partial charge >= 0.3 is 0 Å². The number of nitrogen functional groups attached to an aromatic ring is 1. The van der Waals surface area contributed by atoms with Gasteiger partial charge in [0.05, 0.1) is 6.10 Å². The summed E-state index contributed by atoms with van der Waals surface area (Å²) in [6, 6.07) is 5.22. The van der Waals surface area contributed by atoms with Crippen molar-refractivity contribution in [1.82, 2.24) is 4.98 Å². The lowest BCUT2D eigenvalue weighted by Gasteiger charge is -2.06. The molecule has 2 aromatic rings. The van der Waals surface area contributed by atoms with E-state index < -0.39 is 10.8 Å². The molecule has 5 nitrogen and oxygen atoms in total. The summed E-state index contributed by atoms with van der Waals surface area (Å²) in [5, 5.41) is 0.276. The molecule has 19 heavy (non-hydrogen) atoms. The highest BCUT2D eigenvalue weighted by Gasteiger charge is 2.19. The van der Waals surface area contributed by atoms with Gasteiger partial charge in [-0.15, -0.1) is 0 Å². The molecule has 1 fully saturated rings. The standard InChI is InChI=1S/C13H16N2O3S/c14-9-3-4-11-12(8-9)18-13(15-11)19(16)7-5-10-2-1-6-17-10/h3-4,8,10H,1-2,5-7,14H2. The van der Waals surface area contributed by atoms with Gasteiger partial charge in [-0.25, -0.2) is 9.19 Å². The second kappa shape index (κ2) is 5.30. The van der Waals surface area contributed by atoms with E-state index in [4.69, 9.17) is 14.9 Å². The van der Waals surface area contributed by atoms with Crippen molar-refractivity contribution in [2.75, 3.05) is 18.1 Å². The Labute approximate surface area is 113 Å². The Bertz CT molecular complexity index is 605. The molecule has 0 saturated carbocycles. The highest BCUT2D eigenvalue weighted by molar-refractivity contribution is 7.84. The van der Waals surface area contributed by atoms with Gasteiger partial charge < -0.3 is 14.9 Å². The van der Waals surface area contributed by atoms with Crippen molar-refractivity contribution in [2.24, 2.45) is 0 Å². The Morgan fingerprint density at radius 3 is 3.16 bits per heavy atom. The third kappa shape index (κ3) is 2.79. The number of aromatic nitrogens is 1. The molecule has 0 aliphatic carbocycles. The predicted octanol–water partition coefficient (Wildman–Crippen LogP) is 2.09. The van der Waals surface area contributed by atoms with E-state index in [1.807, 2.05) is 0 Å². The van der Waals surface area contributed by atoms with Gasteiger partial charge in [-0.2, -0.15) is 0 Å². The summed E-state index contributed by atoms with van der Waals surface area (Å²) < 4.78 is 23.1. The molecular weight excluding hydrogens is 264 g/mol. The number of anilines is 1. The molecule has 2 N–H and O–H groups in total. The van der Waals surface area contributed by atoms with Crippen LogP contribution in [0, 0.1) is 0 Å². The molecule has 0 bridgehead atoms. The summed E-state index contributed by atoms with van der Waals surface area (Å²) in [4.78, 5) is 4.24. The van der Waals surface area contributed by atoms with Gasteiger partial charge in [0.2, 0.25) is 0 Å². The van der Waals surface area contributed by atoms with Crippen molar-refractivity contribution >= 4 is 27.6 Å². The Hall–Kier alpha value is -1.40. The van der Waals surface area contributed by atoms with Crippen molar-refractivity contribution in [3.63, 3.8) is 0 Å². The van der Waals surface area contributed by atoms with Gasteiger partial charge in [-0.3, -0.25) is 0 Å². The van der Waals surface area contributed by atoms with E-state index in [0.717, 1.165) is 25.9 Å². The second-order valence-corrected chi connectivity index (χ2v) is 6.13. The minimum Gasteiger partial charge on any atom is -0.430 e. The molecule has 1 aromatic heterocycles. The first kappa shape index (κ1) is 12.6. The van der Waals surface area contributed by atoms with Gasteiger partial charge in [0.25, 0.3) is 5.22 Å². The van der Waals surface area contributed by atoms with Gasteiger partial charge in [-0.05, 0) is 31.4 Å². The number of hydrogen-bond acceptors (Lipinski definition) is 5.